The standard InChI is InChI=1S/C13H27NO2S/c1-5-8-14-12-11(6-7-13(12,2)3)17(15)10-9-16-4/h11-12,14H,5-10H2,1-4H3. The third-order valence-electron chi connectivity index (χ3n) is 3.73. The van der Waals surface area contributed by atoms with Crippen LogP contribution in [-0.2, 0) is 15.5 Å². The van der Waals surface area contributed by atoms with Gasteiger partial charge in [-0.1, -0.05) is 20.8 Å². The third-order valence-corrected chi connectivity index (χ3v) is 5.48. The molecule has 0 radical (unpaired) electrons. The number of hydrogen-bond donors (Lipinski definition) is 1. The second kappa shape index (κ2) is 6.86. The molecule has 1 saturated carbocycles. The zero-order valence-corrected chi connectivity index (χ0v) is 12.4. The van der Waals surface area contributed by atoms with Gasteiger partial charge in [-0.25, -0.2) is 0 Å². The van der Waals surface area contributed by atoms with E-state index in [1.54, 1.807) is 7.11 Å². The highest BCUT2D eigenvalue weighted by atomic mass is 32.2. The average Bonchev–Trinajstić information content (AvgIpc) is 2.59. The molecule has 17 heavy (non-hydrogen) atoms. The van der Waals surface area contributed by atoms with Gasteiger partial charge in [-0.3, -0.25) is 4.21 Å². The lowest BCUT2D eigenvalue weighted by Gasteiger charge is -2.31. The summed E-state index contributed by atoms with van der Waals surface area (Å²) < 4.78 is 17.3. The number of methoxy groups -OCH3 is 1. The molecule has 0 bridgehead atoms. The molecule has 0 heterocycles. The minimum absolute atomic E-state index is 0.266. The highest BCUT2D eigenvalue weighted by Crippen LogP contribution is 2.39. The zero-order valence-electron chi connectivity index (χ0n) is 11.6. The minimum Gasteiger partial charge on any atom is -0.384 e. The van der Waals surface area contributed by atoms with Crippen molar-refractivity contribution >= 4 is 10.8 Å². The fourth-order valence-electron chi connectivity index (χ4n) is 2.65. The lowest BCUT2D eigenvalue weighted by Crippen LogP contribution is -2.46. The van der Waals surface area contributed by atoms with Crippen molar-refractivity contribution in [2.75, 3.05) is 26.0 Å². The van der Waals surface area contributed by atoms with E-state index in [1.807, 2.05) is 0 Å². The molecule has 102 valence electrons. The Bertz CT molecular complexity index is 256. The van der Waals surface area contributed by atoms with E-state index in [-0.39, 0.29) is 5.41 Å². The van der Waals surface area contributed by atoms with Gasteiger partial charge in [0.25, 0.3) is 0 Å². The topological polar surface area (TPSA) is 38.3 Å². The molecule has 1 N–H and O–H groups in total. The molecular weight excluding hydrogens is 234 g/mol. The van der Waals surface area contributed by atoms with Crippen molar-refractivity contribution in [1.82, 2.24) is 5.32 Å². The molecule has 1 fully saturated rings. The second-order valence-corrected chi connectivity index (χ2v) is 7.35. The first-order valence-electron chi connectivity index (χ1n) is 6.62. The summed E-state index contributed by atoms with van der Waals surface area (Å²) in [6.07, 6.45) is 3.37. The molecule has 4 heteroatoms. The highest BCUT2D eigenvalue weighted by Gasteiger charge is 2.43. The fourth-order valence-corrected chi connectivity index (χ4v) is 4.43. The predicted octanol–water partition coefficient (Wildman–Crippen LogP) is 1.94. The molecule has 0 aromatic heterocycles. The molecule has 0 aromatic carbocycles. The van der Waals surface area contributed by atoms with E-state index in [9.17, 15) is 4.21 Å². The van der Waals surface area contributed by atoms with E-state index in [4.69, 9.17) is 4.74 Å². The van der Waals surface area contributed by atoms with Gasteiger partial charge < -0.3 is 10.1 Å². The molecule has 0 aliphatic heterocycles. The van der Waals surface area contributed by atoms with Gasteiger partial charge in [0.2, 0.25) is 0 Å². The first kappa shape index (κ1) is 15.1. The van der Waals surface area contributed by atoms with Crippen LogP contribution in [0.4, 0.5) is 0 Å². The van der Waals surface area contributed by atoms with Crippen LogP contribution in [0.25, 0.3) is 0 Å². The Balaban J connectivity index is 2.60. The predicted molar refractivity (Wildman–Crippen MR) is 73.8 cm³/mol. The molecule has 3 atom stereocenters. The Morgan fingerprint density at radius 1 is 1.47 bits per heavy atom. The Morgan fingerprint density at radius 2 is 2.18 bits per heavy atom. The van der Waals surface area contributed by atoms with E-state index in [1.165, 1.54) is 0 Å². The monoisotopic (exact) mass is 261 g/mol. The van der Waals surface area contributed by atoms with E-state index >= 15 is 0 Å². The summed E-state index contributed by atoms with van der Waals surface area (Å²) in [7, 11) is 0.906. The molecule has 1 aliphatic carbocycles. The molecule has 0 aromatic rings. The number of ether oxygens (including phenoxy) is 1. The largest absolute Gasteiger partial charge is 0.384 e. The Hall–Kier alpha value is 0.0700. The number of nitrogens with one attached hydrogen (secondary N) is 1. The lowest BCUT2D eigenvalue weighted by molar-refractivity contribution is 0.217. The third kappa shape index (κ3) is 4.04. The van der Waals surface area contributed by atoms with Crippen molar-refractivity contribution in [1.29, 1.82) is 0 Å². The summed E-state index contributed by atoms with van der Waals surface area (Å²) in [6.45, 7) is 8.36. The summed E-state index contributed by atoms with van der Waals surface area (Å²) in [6, 6.07) is 0.389. The second-order valence-electron chi connectivity index (χ2n) is 5.58. The Kier molecular flexibility index (Phi) is 6.10. The van der Waals surface area contributed by atoms with Gasteiger partial charge in [0.05, 0.1) is 11.9 Å². The van der Waals surface area contributed by atoms with Crippen LogP contribution in [0, 0.1) is 5.41 Å². The van der Waals surface area contributed by atoms with Gasteiger partial charge in [-0.05, 0) is 31.2 Å². The van der Waals surface area contributed by atoms with Crippen molar-refractivity contribution in [2.45, 2.75) is 51.3 Å². The van der Waals surface area contributed by atoms with Gasteiger partial charge in [0.1, 0.15) is 0 Å². The summed E-state index contributed by atoms with van der Waals surface area (Å²) in [4.78, 5) is 0. The fraction of sp³-hybridized carbons (Fsp3) is 1.00. The quantitative estimate of drug-likeness (QED) is 0.761. The maximum atomic E-state index is 12.3. The van der Waals surface area contributed by atoms with E-state index in [0.29, 0.717) is 23.7 Å². The summed E-state index contributed by atoms with van der Waals surface area (Å²) in [5, 5.41) is 3.89. The average molecular weight is 261 g/mol. The van der Waals surface area contributed by atoms with Gasteiger partial charge in [0.15, 0.2) is 0 Å². The van der Waals surface area contributed by atoms with Gasteiger partial charge >= 0.3 is 0 Å². The normalized spacial score (nSPS) is 29.4. The maximum Gasteiger partial charge on any atom is 0.0577 e. The zero-order chi connectivity index (χ0) is 12.9. The smallest absolute Gasteiger partial charge is 0.0577 e. The van der Waals surface area contributed by atoms with Gasteiger partial charge in [-0.2, -0.15) is 0 Å². The molecule has 1 aliphatic rings. The molecule has 0 amide bonds. The van der Waals surface area contributed by atoms with Crippen molar-refractivity contribution in [3.8, 4) is 0 Å². The molecule has 3 nitrogen and oxygen atoms in total. The Morgan fingerprint density at radius 3 is 2.76 bits per heavy atom. The Labute approximate surface area is 108 Å². The first-order chi connectivity index (χ1) is 8.03. The van der Waals surface area contributed by atoms with Crippen LogP contribution in [0.15, 0.2) is 0 Å². The van der Waals surface area contributed by atoms with E-state index in [0.717, 1.165) is 25.8 Å². The SMILES string of the molecule is CCCNC1C(S(=O)CCOC)CCC1(C)C. The van der Waals surface area contributed by atoms with Crippen LogP contribution in [0.3, 0.4) is 0 Å². The van der Waals surface area contributed by atoms with Crippen LogP contribution >= 0.6 is 0 Å². The highest BCUT2D eigenvalue weighted by molar-refractivity contribution is 7.85. The van der Waals surface area contributed by atoms with Crippen LogP contribution in [0.2, 0.25) is 0 Å². The van der Waals surface area contributed by atoms with E-state index in [2.05, 4.69) is 26.1 Å². The molecule has 1 rings (SSSR count). The van der Waals surface area contributed by atoms with Crippen LogP contribution < -0.4 is 5.32 Å². The molecule has 3 unspecified atom stereocenters. The first-order valence-corrected chi connectivity index (χ1v) is 8.00. The van der Waals surface area contributed by atoms with Gasteiger partial charge in [0, 0.05) is 29.7 Å². The van der Waals surface area contributed by atoms with Crippen LogP contribution in [-0.4, -0.2) is 41.5 Å². The van der Waals surface area contributed by atoms with Gasteiger partial charge in [-0.15, -0.1) is 0 Å². The van der Waals surface area contributed by atoms with Crippen LogP contribution in [0.1, 0.15) is 40.0 Å². The number of rotatable bonds is 7. The van der Waals surface area contributed by atoms with Crippen LogP contribution in [0.5, 0.6) is 0 Å². The maximum absolute atomic E-state index is 12.3. The number of hydrogen-bond acceptors (Lipinski definition) is 3. The molecule has 0 saturated heterocycles. The van der Waals surface area contributed by atoms with Crippen molar-refractivity contribution in [3.63, 3.8) is 0 Å². The summed E-state index contributed by atoms with van der Waals surface area (Å²) in [5.74, 6) is 0.668. The van der Waals surface area contributed by atoms with Crippen molar-refractivity contribution in [2.24, 2.45) is 5.41 Å². The lowest BCUT2D eigenvalue weighted by atomic mass is 9.87. The van der Waals surface area contributed by atoms with E-state index < -0.39 is 10.8 Å². The minimum atomic E-state index is -0.763. The summed E-state index contributed by atoms with van der Waals surface area (Å²) in [5.41, 5.74) is 0.266. The molecule has 0 spiro atoms. The molecular formula is C13H27NO2S. The van der Waals surface area contributed by atoms with Crippen molar-refractivity contribution in [3.05, 3.63) is 0 Å². The summed E-state index contributed by atoms with van der Waals surface area (Å²) >= 11 is 0. The van der Waals surface area contributed by atoms with Crippen molar-refractivity contribution < 1.29 is 8.95 Å².